The van der Waals surface area contributed by atoms with E-state index in [2.05, 4.69) is 6.92 Å². The van der Waals surface area contributed by atoms with E-state index in [0.29, 0.717) is 6.61 Å². The molecule has 1 aliphatic rings. The molecule has 1 rings (SSSR count). The molecule has 6 nitrogen and oxygen atoms in total. The first kappa shape index (κ1) is 20.8. The van der Waals surface area contributed by atoms with Gasteiger partial charge in [-0.2, -0.15) is 0 Å². The van der Waals surface area contributed by atoms with Gasteiger partial charge in [0, 0.05) is 6.61 Å². The zero-order chi connectivity index (χ0) is 17.1. The number of aliphatic hydroxyl groups is 4. The lowest BCUT2D eigenvalue weighted by Gasteiger charge is -2.39. The van der Waals surface area contributed by atoms with Gasteiger partial charge in [-0.15, -0.1) is 0 Å². The minimum absolute atomic E-state index is 0.428. The average Bonchev–Trinajstić information content (AvgIpc) is 2.56. The minimum atomic E-state index is -1.37. The molecule has 0 saturated carbocycles. The van der Waals surface area contributed by atoms with Gasteiger partial charge in [0.25, 0.3) is 0 Å². The lowest BCUT2D eigenvalue weighted by molar-refractivity contribution is -0.301. The van der Waals surface area contributed by atoms with Crippen LogP contribution in [-0.2, 0) is 9.47 Å². The van der Waals surface area contributed by atoms with Crippen molar-refractivity contribution in [1.29, 1.82) is 0 Å². The molecule has 0 spiro atoms. The average molecular weight is 334 g/mol. The van der Waals surface area contributed by atoms with Gasteiger partial charge in [0.05, 0.1) is 6.61 Å². The van der Waals surface area contributed by atoms with Crippen LogP contribution in [0.1, 0.15) is 64.7 Å². The van der Waals surface area contributed by atoms with Gasteiger partial charge in [-0.3, -0.25) is 0 Å². The highest BCUT2D eigenvalue weighted by atomic mass is 16.7. The van der Waals surface area contributed by atoms with E-state index in [1.54, 1.807) is 0 Å². The number of ether oxygens (including phenoxy) is 2. The zero-order valence-electron chi connectivity index (χ0n) is 14.3. The summed E-state index contributed by atoms with van der Waals surface area (Å²) in [7, 11) is 0. The van der Waals surface area contributed by atoms with Gasteiger partial charge in [-0.1, -0.05) is 58.3 Å². The van der Waals surface area contributed by atoms with Crippen LogP contribution >= 0.6 is 0 Å². The summed E-state index contributed by atoms with van der Waals surface area (Å²) in [5, 5.41) is 38.2. The molecule has 23 heavy (non-hydrogen) atoms. The third kappa shape index (κ3) is 7.45. The maximum Gasteiger partial charge on any atom is 0.186 e. The molecular formula is C17H34O6. The second-order valence-electron chi connectivity index (χ2n) is 6.40. The van der Waals surface area contributed by atoms with Crippen molar-refractivity contribution in [2.45, 2.75) is 95.4 Å². The van der Waals surface area contributed by atoms with Gasteiger partial charge in [-0.05, 0) is 6.42 Å². The Morgan fingerprint density at radius 1 is 0.783 bits per heavy atom. The van der Waals surface area contributed by atoms with Crippen LogP contribution in [-0.4, -0.2) is 64.3 Å². The number of aliphatic hydroxyl groups excluding tert-OH is 4. The minimum Gasteiger partial charge on any atom is -0.394 e. The SMILES string of the molecule is CCCCCCCCCCCO[C@H]1O[C@H](CO)[C@@H](O)[C@@H](O)[C@@H]1O. The standard InChI is InChI=1S/C17H34O6/c1-2-3-4-5-6-7-8-9-10-11-22-17-16(21)15(20)14(19)13(12-18)23-17/h13-21H,2-12H2,1H3/t13-,14-,15-,16+,17+/m1/s1. The predicted molar refractivity (Wildman–Crippen MR) is 86.9 cm³/mol. The molecule has 0 radical (unpaired) electrons. The third-order valence-electron chi connectivity index (χ3n) is 4.38. The van der Waals surface area contributed by atoms with Crippen LogP contribution in [0.2, 0.25) is 0 Å². The van der Waals surface area contributed by atoms with Crippen molar-refractivity contribution < 1.29 is 29.9 Å². The van der Waals surface area contributed by atoms with Crippen LogP contribution in [0, 0.1) is 0 Å². The van der Waals surface area contributed by atoms with Crippen LogP contribution in [0.25, 0.3) is 0 Å². The van der Waals surface area contributed by atoms with Crippen molar-refractivity contribution in [3.05, 3.63) is 0 Å². The normalized spacial score (nSPS) is 31.4. The van der Waals surface area contributed by atoms with Crippen LogP contribution in [0.3, 0.4) is 0 Å². The summed E-state index contributed by atoms with van der Waals surface area (Å²) in [6.07, 6.45) is 4.97. The molecule has 0 aliphatic carbocycles. The topological polar surface area (TPSA) is 99.4 Å². The van der Waals surface area contributed by atoms with Gasteiger partial charge in [0.2, 0.25) is 0 Å². The molecule has 1 heterocycles. The predicted octanol–water partition coefficient (Wildman–Crippen LogP) is 1.33. The van der Waals surface area contributed by atoms with Gasteiger partial charge in [0.1, 0.15) is 24.4 Å². The summed E-state index contributed by atoms with van der Waals surface area (Å²) < 4.78 is 10.7. The van der Waals surface area contributed by atoms with Crippen LogP contribution in [0.5, 0.6) is 0 Å². The second-order valence-corrected chi connectivity index (χ2v) is 6.40. The molecule has 0 amide bonds. The van der Waals surface area contributed by atoms with E-state index < -0.39 is 37.3 Å². The molecular weight excluding hydrogens is 300 g/mol. The molecule has 0 aromatic carbocycles. The van der Waals surface area contributed by atoms with Crippen molar-refractivity contribution in [2.24, 2.45) is 0 Å². The molecule has 1 aliphatic heterocycles. The van der Waals surface area contributed by atoms with Gasteiger partial charge < -0.3 is 29.9 Å². The molecule has 138 valence electrons. The summed E-state index contributed by atoms with van der Waals surface area (Å²) in [4.78, 5) is 0. The quantitative estimate of drug-likeness (QED) is 0.402. The van der Waals surface area contributed by atoms with Crippen molar-refractivity contribution in [2.75, 3.05) is 13.2 Å². The van der Waals surface area contributed by atoms with Crippen molar-refractivity contribution in [3.8, 4) is 0 Å². The summed E-state index contributed by atoms with van der Waals surface area (Å²) in [6, 6.07) is 0. The smallest absolute Gasteiger partial charge is 0.186 e. The zero-order valence-corrected chi connectivity index (χ0v) is 14.3. The van der Waals surface area contributed by atoms with Crippen LogP contribution in [0.4, 0.5) is 0 Å². The Bertz CT molecular complexity index is 286. The largest absolute Gasteiger partial charge is 0.394 e. The molecule has 1 fully saturated rings. The van der Waals surface area contributed by atoms with Crippen molar-refractivity contribution >= 4 is 0 Å². The number of rotatable bonds is 12. The van der Waals surface area contributed by atoms with E-state index >= 15 is 0 Å². The first-order valence-corrected chi connectivity index (χ1v) is 9.04. The molecule has 4 N–H and O–H groups in total. The van der Waals surface area contributed by atoms with Crippen LogP contribution in [0.15, 0.2) is 0 Å². The number of hydrogen-bond donors (Lipinski definition) is 4. The van der Waals surface area contributed by atoms with Crippen molar-refractivity contribution in [1.82, 2.24) is 0 Å². The summed E-state index contributed by atoms with van der Waals surface area (Å²) >= 11 is 0. The van der Waals surface area contributed by atoms with E-state index in [-0.39, 0.29) is 0 Å². The highest BCUT2D eigenvalue weighted by molar-refractivity contribution is 4.88. The fraction of sp³-hybridized carbons (Fsp3) is 1.00. The lowest BCUT2D eigenvalue weighted by atomic mass is 9.99. The van der Waals surface area contributed by atoms with Crippen LogP contribution < -0.4 is 0 Å². The Morgan fingerprint density at radius 2 is 1.35 bits per heavy atom. The summed E-state index contributed by atoms with van der Waals surface area (Å²) in [5.74, 6) is 0. The summed E-state index contributed by atoms with van der Waals surface area (Å²) in [6.45, 7) is 2.22. The molecule has 0 unspecified atom stereocenters. The molecule has 1 saturated heterocycles. The third-order valence-corrected chi connectivity index (χ3v) is 4.38. The fourth-order valence-corrected chi connectivity index (χ4v) is 2.82. The van der Waals surface area contributed by atoms with E-state index in [9.17, 15) is 15.3 Å². The Balaban J connectivity index is 2.06. The fourth-order valence-electron chi connectivity index (χ4n) is 2.82. The number of unbranched alkanes of at least 4 members (excludes halogenated alkanes) is 8. The highest BCUT2D eigenvalue weighted by Gasteiger charge is 2.43. The van der Waals surface area contributed by atoms with Gasteiger partial charge in [0.15, 0.2) is 6.29 Å². The maximum absolute atomic E-state index is 9.82. The Hall–Kier alpha value is -0.240. The molecule has 0 aromatic rings. The second kappa shape index (κ2) is 12.2. The first-order valence-electron chi connectivity index (χ1n) is 9.04. The van der Waals surface area contributed by atoms with E-state index in [4.69, 9.17) is 14.6 Å². The lowest BCUT2D eigenvalue weighted by Crippen LogP contribution is -2.59. The van der Waals surface area contributed by atoms with Crippen molar-refractivity contribution in [3.63, 3.8) is 0 Å². The molecule has 6 heteroatoms. The van der Waals surface area contributed by atoms with Gasteiger partial charge >= 0.3 is 0 Å². The molecule has 5 atom stereocenters. The Morgan fingerprint density at radius 3 is 1.91 bits per heavy atom. The summed E-state index contributed by atoms with van der Waals surface area (Å²) in [5.41, 5.74) is 0. The molecule has 0 bridgehead atoms. The maximum atomic E-state index is 9.82. The van der Waals surface area contributed by atoms with E-state index in [1.165, 1.54) is 44.9 Å². The Kier molecular flexibility index (Phi) is 11.0. The Labute approximate surface area is 139 Å². The first-order chi connectivity index (χ1) is 11.1. The van der Waals surface area contributed by atoms with E-state index in [0.717, 1.165) is 12.8 Å². The monoisotopic (exact) mass is 334 g/mol. The molecule has 0 aromatic heterocycles. The highest BCUT2D eigenvalue weighted by Crippen LogP contribution is 2.22. The van der Waals surface area contributed by atoms with Gasteiger partial charge in [-0.25, -0.2) is 0 Å². The van der Waals surface area contributed by atoms with E-state index in [1.807, 2.05) is 0 Å². The number of hydrogen-bond acceptors (Lipinski definition) is 6.